The van der Waals surface area contributed by atoms with E-state index in [4.69, 9.17) is 0 Å². The molecule has 3 unspecified atom stereocenters. The minimum atomic E-state index is -0.398. The highest BCUT2D eigenvalue weighted by molar-refractivity contribution is 5.85. The third-order valence-electron chi connectivity index (χ3n) is 3.59. The third kappa shape index (κ3) is 4.78. The zero-order valence-electron chi connectivity index (χ0n) is 11.7. The number of hydrogen-bond acceptors (Lipinski definition) is 3. The molecule has 0 aromatic heterocycles. The molecule has 0 saturated carbocycles. The second-order valence-electron chi connectivity index (χ2n) is 5.15. The van der Waals surface area contributed by atoms with E-state index >= 15 is 0 Å². The summed E-state index contributed by atoms with van der Waals surface area (Å²) >= 11 is 0. The summed E-state index contributed by atoms with van der Waals surface area (Å²) in [5.41, 5.74) is 1.23. The molecule has 20 heavy (non-hydrogen) atoms. The fourth-order valence-corrected chi connectivity index (χ4v) is 2.41. The van der Waals surface area contributed by atoms with Crippen molar-refractivity contribution in [2.45, 2.75) is 44.4 Å². The molecule has 0 spiro atoms. The molecule has 1 aromatic carbocycles. The van der Waals surface area contributed by atoms with E-state index in [2.05, 4.69) is 29.7 Å². The zero-order chi connectivity index (χ0) is 13.7. The molecular weight excluding hydrogens is 276 g/mol. The van der Waals surface area contributed by atoms with Crippen molar-refractivity contribution in [3.63, 3.8) is 0 Å². The predicted octanol–water partition coefficient (Wildman–Crippen LogP) is 1.27. The number of halogens is 1. The molecular formula is C15H23ClN2O2. The second kappa shape index (κ2) is 8.25. The summed E-state index contributed by atoms with van der Waals surface area (Å²) in [6, 6.07) is 10.1. The second-order valence-corrected chi connectivity index (χ2v) is 5.15. The molecule has 1 aromatic rings. The van der Waals surface area contributed by atoms with E-state index in [1.54, 1.807) is 0 Å². The van der Waals surface area contributed by atoms with Crippen molar-refractivity contribution in [3.05, 3.63) is 35.9 Å². The number of rotatable bonds is 5. The van der Waals surface area contributed by atoms with Gasteiger partial charge in [-0.1, -0.05) is 37.3 Å². The van der Waals surface area contributed by atoms with Gasteiger partial charge >= 0.3 is 0 Å². The topological polar surface area (TPSA) is 61.4 Å². The summed E-state index contributed by atoms with van der Waals surface area (Å²) in [4.78, 5) is 12.1. The highest BCUT2D eigenvalue weighted by Crippen LogP contribution is 2.09. The number of aliphatic hydroxyl groups is 1. The molecule has 5 heteroatoms. The smallest absolute Gasteiger partial charge is 0.237 e. The maximum Gasteiger partial charge on any atom is 0.237 e. The molecule has 1 aliphatic rings. The average molecular weight is 299 g/mol. The van der Waals surface area contributed by atoms with Gasteiger partial charge in [0.2, 0.25) is 5.91 Å². The predicted molar refractivity (Wildman–Crippen MR) is 82.0 cm³/mol. The van der Waals surface area contributed by atoms with Crippen molar-refractivity contribution in [2.24, 2.45) is 0 Å². The van der Waals surface area contributed by atoms with Gasteiger partial charge in [-0.05, 0) is 24.8 Å². The van der Waals surface area contributed by atoms with Crippen LogP contribution in [0.15, 0.2) is 30.3 Å². The molecule has 1 fully saturated rings. The molecule has 112 valence electrons. The lowest BCUT2D eigenvalue weighted by molar-refractivity contribution is -0.123. The van der Waals surface area contributed by atoms with Gasteiger partial charge in [-0.15, -0.1) is 12.4 Å². The Bertz CT molecular complexity index is 414. The van der Waals surface area contributed by atoms with E-state index in [9.17, 15) is 9.90 Å². The van der Waals surface area contributed by atoms with Gasteiger partial charge in [-0.25, -0.2) is 0 Å². The van der Waals surface area contributed by atoms with Crippen LogP contribution in [-0.4, -0.2) is 35.7 Å². The van der Waals surface area contributed by atoms with Crippen molar-refractivity contribution in [2.75, 3.05) is 6.54 Å². The van der Waals surface area contributed by atoms with Gasteiger partial charge in [-0.3, -0.25) is 4.79 Å². The molecule has 0 bridgehead atoms. The number of β-amino-alcohol motifs (C(OH)–C–C–N with tert-alkyl or cyclic N) is 1. The van der Waals surface area contributed by atoms with Crippen LogP contribution in [0, 0.1) is 0 Å². The maximum absolute atomic E-state index is 12.1. The Balaban J connectivity index is 0.00000200. The van der Waals surface area contributed by atoms with Gasteiger partial charge < -0.3 is 15.7 Å². The maximum atomic E-state index is 12.1. The van der Waals surface area contributed by atoms with Crippen LogP contribution in [-0.2, 0) is 11.2 Å². The molecule has 0 radical (unpaired) electrons. The number of hydrogen-bond donors (Lipinski definition) is 3. The number of nitrogens with one attached hydrogen (secondary N) is 2. The summed E-state index contributed by atoms with van der Waals surface area (Å²) in [6.07, 6.45) is 1.85. The molecule has 1 heterocycles. The van der Waals surface area contributed by atoms with Crippen LogP contribution in [0.5, 0.6) is 0 Å². The molecule has 0 aliphatic carbocycles. The summed E-state index contributed by atoms with van der Waals surface area (Å²) in [5, 5.41) is 15.5. The van der Waals surface area contributed by atoms with E-state index < -0.39 is 6.10 Å². The molecule has 1 aliphatic heterocycles. The van der Waals surface area contributed by atoms with E-state index in [0.29, 0.717) is 13.0 Å². The summed E-state index contributed by atoms with van der Waals surface area (Å²) in [5.74, 6) is -0.000619. The zero-order valence-corrected chi connectivity index (χ0v) is 12.5. The molecule has 1 saturated heterocycles. The van der Waals surface area contributed by atoms with Crippen LogP contribution in [0.1, 0.15) is 25.3 Å². The van der Waals surface area contributed by atoms with Crippen molar-refractivity contribution in [3.8, 4) is 0 Å². The van der Waals surface area contributed by atoms with Crippen LogP contribution in [0.3, 0.4) is 0 Å². The lowest BCUT2D eigenvalue weighted by Crippen LogP contribution is -2.45. The van der Waals surface area contributed by atoms with Crippen LogP contribution >= 0.6 is 12.4 Å². The van der Waals surface area contributed by atoms with Gasteiger partial charge in [0.1, 0.15) is 0 Å². The average Bonchev–Trinajstić information content (AvgIpc) is 2.86. The fourth-order valence-electron chi connectivity index (χ4n) is 2.41. The van der Waals surface area contributed by atoms with Crippen molar-refractivity contribution in [1.29, 1.82) is 0 Å². The Morgan fingerprint density at radius 3 is 2.70 bits per heavy atom. The minimum Gasteiger partial charge on any atom is -0.392 e. The molecule has 2 rings (SSSR count). The monoisotopic (exact) mass is 298 g/mol. The minimum absolute atomic E-state index is 0. The first-order chi connectivity index (χ1) is 9.19. The largest absolute Gasteiger partial charge is 0.392 e. The first kappa shape index (κ1) is 17.0. The first-order valence-corrected chi connectivity index (χ1v) is 6.94. The highest BCUT2D eigenvalue weighted by atomic mass is 35.5. The van der Waals surface area contributed by atoms with Gasteiger partial charge in [0.15, 0.2) is 0 Å². The fraction of sp³-hybridized carbons (Fsp3) is 0.533. The van der Waals surface area contributed by atoms with E-state index in [1.165, 1.54) is 5.56 Å². The Morgan fingerprint density at radius 2 is 2.15 bits per heavy atom. The molecule has 1 amide bonds. The molecule has 4 nitrogen and oxygen atoms in total. The Morgan fingerprint density at radius 1 is 1.45 bits per heavy atom. The Hall–Kier alpha value is -1.10. The van der Waals surface area contributed by atoms with Crippen LogP contribution in [0.4, 0.5) is 0 Å². The standard InChI is InChI=1S/C15H22N2O2.ClH/c1-2-12(8-11-6-4-3-5-7-11)17-15(19)14-9-13(18)10-16-14;/h3-7,12-14,16,18H,2,8-10H2,1H3,(H,17,19);1H. The molecule has 3 N–H and O–H groups in total. The van der Waals surface area contributed by atoms with Crippen molar-refractivity contribution in [1.82, 2.24) is 10.6 Å². The Kier molecular flexibility index (Phi) is 6.99. The van der Waals surface area contributed by atoms with Crippen molar-refractivity contribution >= 4 is 18.3 Å². The van der Waals surface area contributed by atoms with Crippen molar-refractivity contribution < 1.29 is 9.90 Å². The number of amides is 1. The lowest BCUT2D eigenvalue weighted by atomic mass is 10.0. The third-order valence-corrected chi connectivity index (χ3v) is 3.59. The number of aliphatic hydroxyl groups excluding tert-OH is 1. The first-order valence-electron chi connectivity index (χ1n) is 6.94. The quantitative estimate of drug-likeness (QED) is 0.767. The summed E-state index contributed by atoms with van der Waals surface area (Å²) < 4.78 is 0. The summed E-state index contributed by atoms with van der Waals surface area (Å²) in [7, 11) is 0. The van der Waals surface area contributed by atoms with Gasteiger partial charge in [0, 0.05) is 12.6 Å². The summed E-state index contributed by atoms with van der Waals surface area (Å²) in [6.45, 7) is 2.58. The number of benzene rings is 1. The Labute approximate surface area is 126 Å². The number of carbonyl (C=O) groups is 1. The SMILES string of the molecule is CCC(Cc1ccccc1)NC(=O)C1CC(O)CN1.Cl. The van der Waals surface area contributed by atoms with Gasteiger partial charge in [-0.2, -0.15) is 0 Å². The van der Waals surface area contributed by atoms with E-state index in [0.717, 1.165) is 12.8 Å². The normalized spacial score (nSPS) is 22.9. The highest BCUT2D eigenvalue weighted by Gasteiger charge is 2.28. The lowest BCUT2D eigenvalue weighted by Gasteiger charge is -2.19. The van der Waals surface area contributed by atoms with Crippen LogP contribution in [0.25, 0.3) is 0 Å². The molecule has 3 atom stereocenters. The van der Waals surface area contributed by atoms with Gasteiger partial charge in [0.25, 0.3) is 0 Å². The van der Waals surface area contributed by atoms with Crippen LogP contribution in [0.2, 0.25) is 0 Å². The van der Waals surface area contributed by atoms with E-state index in [1.807, 2.05) is 18.2 Å². The van der Waals surface area contributed by atoms with E-state index in [-0.39, 0.29) is 30.4 Å². The number of carbonyl (C=O) groups excluding carboxylic acids is 1. The van der Waals surface area contributed by atoms with Gasteiger partial charge in [0.05, 0.1) is 12.1 Å². The van der Waals surface area contributed by atoms with Crippen LogP contribution < -0.4 is 10.6 Å².